The summed E-state index contributed by atoms with van der Waals surface area (Å²) in [6.45, 7) is 3.35. The number of benzene rings is 2. The van der Waals surface area contributed by atoms with Gasteiger partial charge in [-0.2, -0.15) is 0 Å². The SMILES string of the molecule is CCOC(=O)C(C(N)=O)=C(OC(=O)c1ccc(Cl)cc1Cl)c1ccc(Cl)c(N2CCOCC2)c1Cl. The Bertz CT molecular complexity index is 1190. The molecule has 0 saturated carbocycles. The summed E-state index contributed by atoms with van der Waals surface area (Å²) in [5, 5.41) is 0.633. The Morgan fingerprint density at radius 3 is 2.26 bits per heavy atom. The van der Waals surface area contributed by atoms with E-state index >= 15 is 0 Å². The molecule has 1 heterocycles. The van der Waals surface area contributed by atoms with Gasteiger partial charge in [0.2, 0.25) is 0 Å². The summed E-state index contributed by atoms with van der Waals surface area (Å²) in [4.78, 5) is 40.0. The predicted octanol–water partition coefficient (Wildman–Crippen LogP) is 4.75. The van der Waals surface area contributed by atoms with Gasteiger partial charge in [0.1, 0.15) is 0 Å². The average molecular weight is 562 g/mol. The van der Waals surface area contributed by atoms with Crippen LogP contribution in [0.25, 0.3) is 5.76 Å². The molecule has 1 saturated heterocycles. The van der Waals surface area contributed by atoms with Crippen molar-refractivity contribution in [2.75, 3.05) is 37.8 Å². The molecule has 0 aromatic heterocycles. The highest BCUT2D eigenvalue weighted by molar-refractivity contribution is 6.41. The molecular weight excluding hydrogens is 542 g/mol. The third kappa shape index (κ3) is 6.20. The molecule has 186 valence electrons. The van der Waals surface area contributed by atoms with E-state index in [0.29, 0.717) is 42.0 Å². The van der Waals surface area contributed by atoms with Gasteiger partial charge in [-0.15, -0.1) is 0 Å². The van der Waals surface area contributed by atoms with Crippen LogP contribution in [0.4, 0.5) is 5.69 Å². The highest BCUT2D eigenvalue weighted by Crippen LogP contribution is 2.41. The van der Waals surface area contributed by atoms with Gasteiger partial charge >= 0.3 is 11.9 Å². The molecule has 3 rings (SSSR count). The lowest BCUT2D eigenvalue weighted by molar-refractivity contribution is -0.139. The van der Waals surface area contributed by atoms with Crippen molar-refractivity contribution in [3.63, 3.8) is 0 Å². The lowest BCUT2D eigenvalue weighted by Crippen LogP contribution is -2.36. The van der Waals surface area contributed by atoms with Crippen LogP contribution in [0.15, 0.2) is 35.9 Å². The minimum Gasteiger partial charge on any atom is -0.462 e. The molecule has 0 spiro atoms. The van der Waals surface area contributed by atoms with Gasteiger partial charge in [0.15, 0.2) is 11.3 Å². The van der Waals surface area contributed by atoms with Crippen molar-refractivity contribution >= 4 is 75.7 Å². The number of rotatable bonds is 7. The Hall–Kier alpha value is -2.49. The first kappa shape index (κ1) is 27.1. The highest BCUT2D eigenvalue weighted by Gasteiger charge is 2.31. The number of halogens is 4. The third-order valence-electron chi connectivity index (χ3n) is 4.94. The Labute approximate surface area is 221 Å². The summed E-state index contributed by atoms with van der Waals surface area (Å²) in [7, 11) is 0. The van der Waals surface area contributed by atoms with Crippen molar-refractivity contribution in [3.05, 3.63) is 67.1 Å². The number of primary amides is 1. The van der Waals surface area contributed by atoms with Crippen LogP contribution in [0.5, 0.6) is 0 Å². The zero-order valence-electron chi connectivity index (χ0n) is 18.4. The number of hydrogen-bond acceptors (Lipinski definition) is 7. The summed E-state index contributed by atoms with van der Waals surface area (Å²) >= 11 is 25.2. The van der Waals surface area contributed by atoms with E-state index in [-0.39, 0.29) is 27.8 Å². The average Bonchev–Trinajstić information content (AvgIpc) is 2.79. The molecule has 0 bridgehead atoms. The van der Waals surface area contributed by atoms with Gasteiger partial charge < -0.3 is 24.8 Å². The molecule has 0 unspecified atom stereocenters. The first-order valence-electron chi connectivity index (χ1n) is 10.3. The number of ether oxygens (including phenoxy) is 3. The molecule has 1 aliphatic heterocycles. The highest BCUT2D eigenvalue weighted by atomic mass is 35.5. The van der Waals surface area contributed by atoms with Gasteiger partial charge in [-0.1, -0.05) is 46.4 Å². The van der Waals surface area contributed by atoms with E-state index in [1.807, 2.05) is 4.90 Å². The monoisotopic (exact) mass is 560 g/mol. The maximum absolute atomic E-state index is 13.0. The molecule has 12 heteroatoms. The van der Waals surface area contributed by atoms with Crippen molar-refractivity contribution in [2.24, 2.45) is 5.73 Å². The molecule has 1 fully saturated rings. The van der Waals surface area contributed by atoms with Crippen molar-refractivity contribution in [2.45, 2.75) is 6.92 Å². The first-order valence-corrected chi connectivity index (χ1v) is 11.9. The van der Waals surface area contributed by atoms with Gasteiger partial charge in [0.05, 0.1) is 46.1 Å². The van der Waals surface area contributed by atoms with Crippen LogP contribution >= 0.6 is 46.4 Å². The van der Waals surface area contributed by atoms with Crippen molar-refractivity contribution in [1.29, 1.82) is 0 Å². The molecule has 0 radical (unpaired) electrons. The van der Waals surface area contributed by atoms with Crippen LogP contribution in [0, 0.1) is 0 Å². The summed E-state index contributed by atoms with van der Waals surface area (Å²) in [6, 6.07) is 7.01. The summed E-state index contributed by atoms with van der Waals surface area (Å²) < 4.78 is 15.9. The van der Waals surface area contributed by atoms with E-state index in [1.165, 1.54) is 30.3 Å². The minimum absolute atomic E-state index is 0.00480. The van der Waals surface area contributed by atoms with E-state index in [9.17, 15) is 14.4 Å². The Kier molecular flexibility index (Phi) is 9.27. The smallest absolute Gasteiger partial charge is 0.347 e. The van der Waals surface area contributed by atoms with Gasteiger partial charge in [-0.25, -0.2) is 9.59 Å². The number of nitrogens with zero attached hydrogens (tertiary/aromatic N) is 1. The van der Waals surface area contributed by atoms with Crippen molar-refractivity contribution in [1.82, 2.24) is 0 Å². The lowest BCUT2D eigenvalue weighted by atomic mass is 10.1. The van der Waals surface area contributed by atoms with Gasteiger partial charge in [0, 0.05) is 23.7 Å². The summed E-state index contributed by atoms with van der Waals surface area (Å²) in [5.74, 6) is -3.76. The second kappa shape index (κ2) is 12.0. The van der Waals surface area contributed by atoms with Crippen LogP contribution in [-0.2, 0) is 23.8 Å². The zero-order chi connectivity index (χ0) is 25.7. The first-order chi connectivity index (χ1) is 16.6. The van der Waals surface area contributed by atoms with E-state index in [1.54, 1.807) is 6.92 Å². The van der Waals surface area contributed by atoms with Crippen molar-refractivity contribution in [3.8, 4) is 0 Å². The largest absolute Gasteiger partial charge is 0.462 e. The third-order valence-corrected chi connectivity index (χ3v) is 6.17. The normalized spacial score (nSPS) is 14.3. The van der Waals surface area contributed by atoms with Gasteiger partial charge in [0.25, 0.3) is 5.91 Å². The summed E-state index contributed by atoms with van der Waals surface area (Å²) in [6.07, 6.45) is 0. The Morgan fingerprint density at radius 1 is 1.00 bits per heavy atom. The van der Waals surface area contributed by atoms with Crippen molar-refractivity contribution < 1.29 is 28.6 Å². The topological polar surface area (TPSA) is 108 Å². The maximum Gasteiger partial charge on any atom is 0.347 e. The lowest BCUT2D eigenvalue weighted by Gasteiger charge is -2.31. The number of carbonyl (C=O) groups excluding carboxylic acids is 3. The number of nitrogens with two attached hydrogens (primary N) is 1. The zero-order valence-corrected chi connectivity index (χ0v) is 21.4. The molecule has 2 aromatic rings. The minimum atomic E-state index is -1.19. The van der Waals surface area contributed by atoms with E-state index in [4.69, 9.17) is 66.3 Å². The van der Waals surface area contributed by atoms with E-state index < -0.39 is 29.2 Å². The fourth-order valence-electron chi connectivity index (χ4n) is 3.35. The maximum atomic E-state index is 13.0. The second-order valence-corrected chi connectivity index (χ2v) is 8.79. The molecule has 2 aromatic carbocycles. The van der Waals surface area contributed by atoms with Crippen LogP contribution < -0.4 is 10.6 Å². The number of morpholine rings is 1. The molecule has 1 aliphatic rings. The fraction of sp³-hybridized carbons (Fsp3) is 0.261. The standard InChI is InChI=1S/C23H20Cl4N2O6/c1-2-34-23(32)17(21(28)30)20(35-22(31)13-4-3-12(24)11-16(13)26)14-5-6-15(25)19(18(14)27)29-7-9-33-10-8-29/h3-6,11H,2,7-10H2,1H3,(H2,28,30). The molecular formula is C23H20Cl4N2O6. The second-order valence-electron chi connectivity index (χ2n) is 7.16. The van der Waals surface area contributed by atoms with Crippen LogP contribution in [0.2, 0.25) is 20.1 Å². The van der Waals surface area contributed by atoms with Gasteiger partial charge in [-0.3, -0.25) is 4.79 Å². The Balaban J connectivity index is 2.20. The number of amides is 1. The number of hydrogen-bond donors (Lipinski definition) is 1. The molecule has 0 aliphatic carbocycles. The number of esters is 2. The van der Waals surface area contributed by atoms with Crippen LogP contribution in [0.1, 0.15) is 22.8 Å². The molecule has 0 atom stereocenters. The fourth-order valence-corrected chi connectivity index (χ4v) is 4.53. The Morgan fingerprint density at radius 2 is 1.66 bits per heavy atom. The van der Waals surface area contributed by atoms with E-state index in [2.05, 4.69) is 0 Å². The molecule has 8 nitrogen and oxygen atoms in total. The quantitative estimate of drug-likeness (QED) is 0.171. The summed E-state index contributed by atoms with van der Waals surface area (Å²) in [5.41, 5.74) is 5.17. The van der Waals surface area contributed by atoms with E-state index in [0.717, 1.165) is 0 Å². The number of carbonyl (C=O) groups is 3. The van der Waals surface area contributed by atoms with Crippen LogP contribution in [-0.4, -0.2) is 50.8 Å². The van der Waals surface area contributed by atoms with Crippen LogP contribution in [0.3, 0.4) is 0 Å². The molecule has 2 N–H and O–H groups in total. The van der Waals surface area contributed by atoms with Gasteiger partial charge in [-0.05, 0) is 37.3 Å². The number of anilines is 1. The molecule has 1 amide bonds. The predicted molar refractivity (Wildman–Crippen MR) is 134 cm³/mol. The molecule has 35 heavy (non-hydrogen) atoms.